The predicted octanol–water partition coefficient (Wildman–Crippen LogP) is 7.09. The summed E-state index contributed by atoms with van der Waals surface area (Å²) in [6, 6.07) is 12.6. The Kier molecular flexibility index (Phi) is 37.1. The number of halogens is 2. The highest BCUT2D eigenvalue weighted by atomic mass is 19.1. The predicted molar refractivity (Wildman–Crippen MR) is 333 cm³/mol. The number of carbonyl (C=O) groups is 8. The van der Waals surface area contributed by atoms with E-state index in [4.69, 9.17) is 20.5 Å². The van der Waals surface area contributed by atoms with E-state index in [-0.39, 0.29) is 96.3 Å². The normalized spacial score (nSPS) is 16.4. The van der Waals surface area contributed by atoms with Gasteiger partial charge < -0.3 is 54.8 Å². The third-order valence-corrected chi connectivity index (χ3v) is 13.8. The number of piperidine rings is 2. The Labute approximate surface area is 524 Å². The summed E-state index contributed by atoms with van der Waals surface area (Å²) in [5.74, 6) is -6.83. The first-order valence-electron chi connectivity index (χ1n) is 25.9. The van der Waals surface area contributed by atoms with E-state index in [0.717, 1.165) is 90.2 Å². The van der Waals surface area contributed by atoms with Crippen molar-refractivity contribution in [2.45, 2.75) is 163 Å². The maximum atomic E-state index is 13.5. The van der Waals surface area contributed by atoms with Crippen LogP contribution in [0.15, 0.2) is 48.8 Å². The second-order valence-corrected chi connectivity index (χ2v) is 19.5. The van der Waals surface area contributed by atoms with Crippen molar-refractivity contribution < 1.29 is 70.8 Å². The smallest absolute Gasteiger partial charge is 0.359 e. The largest absolute Gasteiger partial charge is 0.448 e. The van der Waals surface area contributed by atoms with Crippen molar-refractivity contribution in [3.63, 3.8) is 0 Å². The number of hydrogen-bond acceptors (Lipinski definition) is 21. The number of fused-ring (bicyclic) bond motifs is 2. The van der Waals surface area contributed by atoms with Gasteiger partial charge >= 0.3 is 35.8 Å². The molecule has 3 fully saturated rings. The molecule has 2 aromatic carbocycles. The van der Waals surface area contributed by atoms with Crippen LogP contribution in [-0.4, -0.2) is 136 Å². The van der Waals surface area contributed by atoms with Crippen LogP contribution in [0.5, 0.6) is 0 Å². The first kappa shape index (κ1) is 84.4. The van der Waals surface area contributed by atoms with Crippen molar-refractivity contribution in [2.75, 3.05) is 49.1 Å². The molecule has 25 nitrogen and oxygen atoms in total. The number of ether oxygens (including phenoxy) is 5. The monoisotopic (exact) mass is 1250 g/mol. The van der Waals surface area contributed by atoms with Gasteiger partial charge in [0.05, 0.1) is 52.8 Å². The molecule has 0 aliphatic carbocycles. The lowest BCUT2D eigenvalue weighted by Crippen LogP contribution is -2.54. The van der Waals surface area contributed by atoms with Crippen LogP contribution in [0.4, 0.5) is 20.2 Å². The maximum Gasteiger partial charge on any atom is 0.359 e. The zero-order chi connectivity index (χ0) is 59.1. The average molecular weight is 1260 g/mol. The van der Waals surface area contributed by atoms with Gasteiger partial charge in [0.15, 0.2) is 0 Å². The number of carbonyl (C=O) groups excluding carboxylic acids is 8. The van der Waals surface area contributed by atoms with Crippen molar-refractivity contribution in [3.05, 3.63) is 94.1 Å². The van der Waals surface area contributed by atoms with E-state index < -0.39 is 77.9 Å². The maximum absolute atomic E-state index is 13.5. The number of cyclic esters (lactones) is 2. The molecular formula is C62H96F2N12O13. The Morgan fingerprint density at radius 2 is 1.09 bits per heavy atom. The molecule has 3 saturated heterocycles. The summed E-state index contributed by atoms with van der Waals surface area (Å²) in [5, 5.41) is 32.6. The number of aryl methyl sites for hydroxylation is 2. The fourth-order valence-electron chi connectivity index (χ4n) is 9.59. The molecule has 0 bridgehead atoms. The lowest BCUT2D eigenvalue weighted by Gasteiger charge is -2.34. The molecule has 2 aromatic heterocycles. The third kappa shape index (κ3) is 22.7. The summed E-state index contributed by atoms with van der Waals surface area (Å²) in [6.45, 7) is 10.6. The molecule has 4 aromatic rings. The van der Waals surface area contributed by atoms with Crippen LogP contribution in [0.3, 0.4) is 0 Å². The molecule has 4 atom stereocenters. The third-order valence-electron chi connectivity index (χ3n) is 13.8. The first-order chi connectivity index (χ1) is 38.6. The Morgan fingerprint density at radius 1 is 0.652 bits per heavy atom. The van der Waals surface area contributed by atoms with E-state index >= 15 is 0 Å². The minimum absolute atomic E-state index is 0. The van der Waals surface area contributed by atoms with Gasteiger partial charge in [-0.3, -0.25) is 38.1 Å². The fraction of sp³-hybridized carbons (Fsp3) is 0.548. The standard InChI is InChI=1S/C27H31FN6O6.C13H16FN3.C8H8O7.C6H9N3.8CH4/c1-16(35)39-24(25(40-17(2)36)27(38)34-14-20-13-31-32(3)23(20)15-34)26(37)30-12-18-6-8-33(9-7-18)22-5-4-21(28)10-19(22)11-29;14-12-1-2-13(11(7-12)9-16)17-5-3-10(8-15)4-6-17;1-3(9)13-5-6(14-4(2)10)8(12)15-7(5)11;1-9-6-4-7-2-5(6)3-8-9;;;;;;;;/h4-5,10,13,18,24-25H,6-9,12,14-15H2,1-3H3,(H,30,37);1-2,7,10H,3-6,8,15H2;5-6H,1-2H3;3,7H,2,4H2,1H3;8*1H4/t24-,25-;;5-,6-;;;;;;;;;/m1.1........./s1. The van der Waals surface area contributed by atoms with Gasteiger partial charge in [0.25, 0.3) is 11.8 Å². The number of aromatic nitrogens is 4. The van der Waals surface area contributed by atoms with Crippen molar-refractivity contribution in [1.29, 1.82) is 10.5 Å². The fourth-order valence-corrected chi connectivity index (χ4v) is 9.59. The highest BCUT2D eigenvalue weighted by Gasteiger charge is 2.49. The molecule has 7 heterocycles. The van der Waals surface area contributed by atoms with Crippen LogP contribution >= 0.6 is 0 Å². The lowest BCUT2D eigenvalue weighted by molar-refractivity contribution is -0.178. The SMILES string of the molecule is C.C.C.C.C.C.C.C.CC(=O)O[C@@H](C(=O)NCC1CCN(c2ccc(F)cc2C#N)CC1)[C@@H](OC(C)=O)C(=O)N1Cc2cnn(C)c2C1.CC(=O)O[C@H]1C(=O)OC(=O)[C@@H]1OC(C)=O.Cn1ncc2c1CNC2.N#Cc1cc(F)ccc1N1CCC(CN)CC1. The Bertz CT molecular complexity index is 3040. The summed E-state index contributed by atoms with van der Waals surface area (Å²) in [6.07, 6.45) is 0.661. The number of nitrogens with zero attached hydrogens (tertiary/aromatic N) is 9. The molecule has 4 N–H and O–H groups in total. The second-order valence-electron chi connectivity index (χ2n) is 19.5. The van der Waals surface area contributed by atoms with Gasteiger partial charge in [0.1, 0.15) is 23.8 Å². The molecule has 0 saturated carbocycles. The van der Waals surface area contributed by atoms with Gasteiger partial charge in [-0.2, -0.15) is 20.7 Å². The van der Waals surface area contributed by atoms with Gasteiger partial charge in [0, 0.05) is 105 Å². The van der Waals surface area contributed by atoms with Gasteiger partial charge in [-0.25, -0.2) is 18.4 Å². The number of esters is 6. The van der Waals surface area contributed by atoms with E-state index in [1.807, 2.05) is 28.9 Å². The quantitative estimate of drug-likeness (QED) is 0.0724. The van der Waals surface area contributed by atoms with Crippen LogP contribution in [0.25, 0.3) is 0 Å². The molecule has 0 unspecified atom stereocenters. The van der Waals surface area contributed by atoms with E-state index in [1.54, 1.807) is 30.1 Å². The molecule has 27 heteroatoms. The summed E-state index contributed by atoms with van der Waals surface area (Å²) >= 11 is 0. The van der Waals surface area contributed by atoms with E-state index in [1.165, 1.54) is 40.4 Å². The highest BCUT2D eigenvalue weighted by molar-refractivity contribution is 6.01. The number of nitrogens with two attached hydrogens (primary N) is 1. The number of rotatable bonds is 12. The Balaban J connectivity index is -0.00000125. The van der Waals surface area contributed by atoms with Gasteiger partial charge in [-0.15, -0.1) is 0 Å². The van der Waals surface area contributed by atoms with E-state index in [9.17, 15) is 52.4 Å². The van der Waals surface area contributed by atoms with Crippen molar-refractivity contribution in [1.82, 2.24) is 35.1 Å². The van der Waals surface area contributed by atoms with Crippen LogP contribution in [0.1, 0.15) is 146 Å². The van der Waals surface area contributed by atoms with Crippen LogP contribution in [0, 0.1) is 46.1 Å². The van der Waals surface area contributed by atoms with E-state index in [2.05, 4.69) is 46.0 Å². The van der Waals surface area contributed by atoms with Crippen molar-refractivity contribution in [3.8, 4) is 12.1 Å². The number of nitriles is 2. The molecule has 0 radical (unpaired) electrons. The van der Waals surface area contributed by atoms with Gasteiger partial charge in [-0.1, -0.05) is 59.4 Å². The molecule has 5 aliphatic rings. The second kappa shape index (κ2) is 39.2. The van der Waals surface area contributed by atoms with E-state index in [0.29, 0.717) is 43.1 Å². The lowest BCUT2D eigenvalue weighted by atomic mass is 9.95. The van der Waals surface area contributed by atoms with Crippen molar-refractivity contribution >= 4 is 59.0 Å². The van der Waals surface area contributed by atoms with Crippen LogP contribution in [-0.2, 0) is 102 Å². The summed E-state index contributed by atoms with van der Waals surface area (Å²) in [4.78, 5) is 99.2. The van der Waals surface area contributed by atoms with Crippen LogP contribution < -0.4 is 26.2 Å². The summed E-state index contributed by atoms with van der Waals surface area (Å²) in [7, 11) is 3.73. The summed E-state index contributed by atoms with van der Waals surface area (Å²) < 4.78 is 53.7. The average Bonchev–Trinajstić information content (AvgIpc) is 2.02. The zero-order valence-corrected chi connectivity index (χ0v) is 45.6. The Hall–Kier alpha value is -8.82. The first-order valence-corrected chi connectivity index (χ1v) is 25.9. The summed E-state index contributed by atoms with van der Waals surface area (Å²) in [5.41, 5.74) is 12.1. The number of hydrogen-bond donors (Lipinski definition) is 3. The van der Waals surface area contributed by atoms with Crippen LogP contribution in [0.2, 0.25) is 0 Å². The molecule has 0 spiro atoms. The number of amides is 2. The number of anilines is 2. The van der Waals surface area contributed by atoms with Gasteiger partial charge in [-0.05, 0) is 80.5 Å². The molecule has 2 amide bonds. The van der Waals surface area contributed by atoms with Crippen molar-refractivity contribution in [2.24, 2.45) is 31.7 Å². The minimum atomic E-state index is -1.67. The molecular weight excluding hydrogens is 1160 g/mol. The minimum Gasteiger partial charge on any atom is -0.448 e. The molecule has 5 aliphatic heterocycles. The molecule has 496 valence electrons. The van der Waals surface area contributed by atoms with Gasteiger partial charge in [0.2, 0.25) is 24.4 Å². The highest BCUT2D eigenvalue weighted by Crippen LogP contribution is 2.29. The number of nitrogens with one attached hydrogen (secondary N) is 2. The molecule has 89 heavy (non-hydrogen) atoms. The zero-order valence-electron chi connectivity index (χ0n) is 45.6. The molecule has 9 rings (SSSR count). The topological polar surface area (TPSA) is 326 Å². The number of benzene rings is 2. The Morgan fingerprint density at radius 3 is 1.51 bits per heavy atom.